The molecule has 5 heteroatoms. The highest BCUT2D eigenvalue weighted by Crippen LogP contribution is 2.27. The third kappa shape index (κ3) is 3.36. The number of hydrogen-bond acceptors (Lipinski definition) is 3. The van der Waals surface area contributed by atoms with Crippen molar-refractivity contribution >= 4 is 18.3 Å². The maximum absolute atomic E-state index is 15.2. The highest BCUT2D eigenvalue weighted by atomic mass is 19.1. The molecule has 0 unspecified atom stereocenters. The molecule has 3 aromatic carbocycles. The van der Waals surface area contributed by atoms with Gasteiger partial charge in [-0.15, -0.1) is 0 Å². The summed E-state index contributed by atoms with van der Waals surface area (Å²) < 4.78 is 20.3. The van der Waals surface area contributed by atoms with Crippen molar-refractivity contribution < 1.29 is 14.1 Å². The average Bonchev–Trinajstić information content (AvgIpc) is 3.05. The van der Waals surface area contributed by atoms with Gasteiger partial charge in [-0.25, -0.2) is 4.39 Å². The van der Waals surface area contributed by atoms with E-state index in [0.717, 1.165) is 11.1 Å². The van der Waals surface area contributed by atoms with Crippen LogP contribution < -0.4 is 10.4 Å². The summed E-state index contributed by atoms with van der Waals surface area (Å²) in [6, 6.07) is 23.5. The van der Waals surface area contributed by atoms with E-state index in [0.29, 0.717) is 29.8 Å². The van der Waals surface area contributed by atoms with Crippen LogP contribution in [0.25, 0.3) is 0 Å². The lowest BCUT2D eigenvalue weighted by atomic mass is 9.79. The van der Waals surface area contributed by atoms with Gasteiger partial charge in [0.15, 0.2) is 5.82 Å². The minimum Gasteiger partial charge on any atom is -0.423 e. The Balaban J connectivity index is 1.71. The molecule has 0 aromatic heterocycles. The minimum absolute atomic E-state index is 0.0979. The average molecular weight is 347 g/mol. The van der Waals surface area contributed by atoms with Crippen LogP contribution >= 0.6 is 0 Å². The number of anilines is 1. The molecule has 0 bridgehead atoms. The highest BCUT2D eigenvalue weighted by molar-refractivity contribution is 6.61. The number of rotatable bonds is 5. The Labute approximate surface area is 152 Å². The quantitative estimate of drug-likeness (QED) is 0.720. The van der Waals surface area contributed by atoms with E-state index in [1.165, 1.54) is 0 Å². The van der Waals surface area contributed by atoms with E-state index in [4.69, 9.17) is 4.65 Å². The topological polar surface area (TPSA) is 32.7 Å². The number of nitrogens with zero attached hydrogens (tertiary/aromatic N) is 1. The Morgan fingerprint density at radius 2 is 1.46 bits per heavy atom. The van der Waals surface area contributed by atoms with Gasteiger partial charge in [0.05, 0.1) is 12.3 Å². The molecule has 1 heterocycles. The molecule has 1 aliphatic heterocycles. The van der Waals surface area contributed by atoms with Gasteiger partial charge in [-0.2, -0.15) is 0 Å². The van der Waals surface area contributed by atoms with Crippen molar-refractivity contribution in [2.45, 2.75) is 19.7 Å². The van der Waals surface area contributed by atoms with Gasteiger partial charge < -0.3 is 14.6 Å². The van der Waals surface area contributed by atoms with Gasteiger partial charge in [0, 0.05) is 18.7 Å². The normalized spacial score (nSPS) is 12.9. The summed E-state index contributed by atoms with van der Waals surface area (Å²) in [6.07, 6.45) is 0. The fraction of sp³-hybridized carbons (Fsp3) is 0.143. The van der Waals surface area contributed by atoms with Gasteiger partial charge in [0.2, 0.25) is 0 Å². The van der Waals surface area contributed by atoms with Crippen LogP contribution in [0.15, 0.2) is 72.8 Å². The van der Waals surface area contributed by atoms with Gasteiger partial charge in [-0.3, -0.25) is 0 Å². The molecule has 0 amide bonds. The van der Waals surface area contributed by atoms with E-state index in [2.05, 4.69) is 0 Å². The summed E-state index contributed by atoms with van der Waals surface area (Å²) in [4.78, 5) is 2.02. The lowest BCUT2D eigenvalue weighted by Gasteiger charge is -2.26. The second kappa shape index (κ2) is 7.32. The second-order valence-electron chi connectivity index (χ2n) is 6.46. The molecule has 0 fully saturated rings. The smallest absolute Gasteiger partial charge is 0.423 e. The SMILES string of the molecule is OB1OCc2c1ccc(N(Cc1ccccc1)Cc1ccccc1)c2F. The van der Waals surface area contributed by atoms with E-state index in [1.54, 1.807) is 12.1 Å². The molecule has 0 spiro atoms. The van der Waals surface area contributed by atoms with Crippen LogP contribution in [0.4, 0.5) is 10.1 Å². The molecule has 1 N–H and O–H groups in total. The molecule has 0 atom stereocenters. The Kier molecular flexibility index (Phi) is 4.74. The molecule has 1 aliphatic rings. The minimum atomic E-state index is -1.04. The molecule has 26 heavy (non-hydrogen) atoms. The third-order valence-corrected chi connectivity index (χ3v) is 4.68. The number of fused-ring (bicyclic) bond motifs is 1. The fourth-order valence-corrected chi connectivity index (χ4v) is 3.33. The predicted octanol–water partition coefficient (Wildman–Crippen LogP) is 3.25. The first kappa shape index (κ1) is 16.8. The van der Waals surface area contributed by atoms with E-state index >= 15 is 4.39 Å². The van der Waals surface area contributed by atoms with Crippen LogP contribution in [0, 0.1) is 5.82 Å². The van der Waals surface area contributed by atoms with E-state index in [-0.39, 0.29) is 12.4 Å². The zero-order valence-electron chi connectivity index (χ0n) is 14.3. The lowest BCUT2D eigenvalue weighted by molar-refractivity contribution is 0.272. The molecular formula is C21H19BFNO2. The Morgan fingerprint density at radius 3 is 2.04 bits per heavy atom. The maximum Gasteiger partial charge on any atom is 0.491 e. The molecule has 0 radical (unpaired) electrons. The lowest BCUT2D eigenvalue weighted by Crippen LogP contribution is -2.30. The van der Waals surface area contributed by atoms with E-state index in [1.807, 2.05) is 65.6 Å². The van der Waals surface area contributed by atoms with Crippen LogP contribution in [0.5, 0.6) is 0 Å². The second-order valence-corrected chi connectivity index (χ2v) is 6.46. The van der Waals surface area contributed by atoms with Crippen LogP contribution in [-0.2, 0) is 24.4 Å². The van der Waals surface area contributed by atoms with Crippen molar-refractivity contribution in [3.05, 3.63) is 95.3 Å². The first-order chi connectivity index (χ1) is 12.7. The van der Waals surface area contributed by atoms with E-state index < -0.39 is 7.12 Å². The molecular weight excluding hydrogens is 328 g/mol. The highest BCUT2D eigenvalue weighted by Gasteiger charge is 2.31. The Bertz CT molecular complexity index is 848. The van der Waals surface area contributed by atoms with Crippen LogP contribution in [0.1, 0.15) is 16.7 Å². The standard InChI is InChI=1S/C21H19BFNO2/c23-21-18-15-26-22(25)19(18)11-12-20(21)24(13-16-7-3-1-4-8-16)14-17-9-5-2-6-10-17/h1-12,25H,13-15H2. The maximum atomic E-state index is 15.2. The van der Waals surface area contributed by atoms with Gasteiger partial charge in [-0.1, -0.05) is 66.7 Å². The van der Waals surface area contributed by atoms with Crippen LogP contribution in [0.3, 0.4) is 0 Å². The van der Waals surface area contributed by atoms with Crippen molar-refractivity contribution in [3.8, 4) is 0 Å². The number of benzene rings is 3. The van der Waals surface area contributed by atoms with Crippen molar-refractivity contribution in [1.82, 2.24) is 0 Å². The van der Waals surface area contributed by atoms with Crippen molar-refractivity contribution in [2.75, 3.05) is 4.90 Å². The molecule has 0 saturated carbocycles. The fourth-order valence-electron chi connectivity index (χ4n) is 3.33. The zero-order chi connectivity index (χ0) is 17.9. The van der Waals surface area contributed by atoms with E-state index in [9.17, 15) is 5.02 Å². The van der Waals surface area contributed by atoms with Crippen LogP contribution in [0.2, 0.25) is 0 Å². The van der Waals surface area contributed by atoms with Gasteiger partial charge in [0.1, 0.15) is 0 Å². The van der Waals surface area contributed by atoms with Crippen molar-refractivity contribution in [3.63, 3.8) is 0 Å². The largest absolute Gasteiger partial charge is 0.491 e. The molecule has 0 saturated heterocycles. The Hall–Kier alpha value is -2.63. The molecule has 4 rings (SSSR count). The third-order valence-electron chi connectivity index (χ3n) is 4.68. The summed E-state index contributed by atoms with van der Waals surface area (Å²) in [5.41, 5.74) is 3.71. The zero-order valence-corrected chi connectivity index (χ0v) is 14.3. The predicted molar refractivity (Wildman–Crippen MR) is 102 cm³/mol. The molecule has 130 valence electrons. The van der Waals surface area contributed by atoms with Gasteiger partial charge in [-0.05, 0) is 22.7 Å². The summed E-state index contributed by atoms with van der Waals surface area (Å²) >= 11 is 0. The molecule has 3 aromatic rings. The van der Waals surface area contributed by atoms with Gasteiger partial charge >= 0.3 is 7.12 Å². The van der Waals surface area contributed by atoms with Crippen molar-refractivity contribution in [2.24, 2.45) is 0 Å². The monoisotopic (exact) mass is 347 g/mol. The molecule has 0 aliphatic carbocycles. The number of hydrogen-bond donors (Lipinski definition) is 1. The summed E-state index contributed by atoms with van der Waals surface area (Å²) in [5.74, 6) is -0.314. The first-order valence-corrected chi connectivity index (χ1v) is 8.66. The number of halogens is 1. The van der Waals surface area contributed by atoms with Gasteiger partial charge in [0.25, 0.3) is 0 Å². The summed E-state index contributed by atoms with van der Waals surface area (Å²) in [5, 5.41) is 9.80. The summed E-state index contributed by atoms with van der Waals surface area (Å²) in [6.45, 7) is 1.28. The summed E-state index contributed by atoms with van der Waals surface area (Å²) in [7, 11) is -1.04. The van der Waals surface area contributed by atoms with Crippen LogP contribution in [-0.4, -0.2) is 12.1 Å². The first-order valence-electron chi connectivity index (χ1n) is 8.66. The molecule has 3 nitrogen and oxygen atoms in total. The Morgan fingerprint density at radius 1 is 0.885 bits per heavy atom. The van der Waals surface area contributed by atoms with Crippen molar-refractivity contribution in [1.29, 1.82) is 0 Å².